The molecule has 0 unspecified atom stereocenters. The van der Waals surface area contributed by atoms with Gasteiger partial charge in [0.05, 0.1) is 40.9 Å². The number of aryl methyl sites for hydroxylation is 1. The number of nitrogens with zero attached hydrogens (tertiary/aromatic N) is 3. The fourth-order valence-corrected chi connectivity index (χ4v) is 10.5. The first-order chi connectivity index (χ1) is 34.3. The average molecular weight is 984 g/mol. The van der Waals surface area contributed by atoms with E-state index >= 15 is 0 Å². The molecule has 0 spiro atoms. The van der Waals surface area contributed by atoms with Gasteiger partial charge in [-0.25, -0.2) is 4.79 Å². The Kier molecular flexibility index (Phi) is 16.1. The summed E-state index contributed by atoms with van der Waals surface area (Å²) in [7, 11) is 0. The fraction of sp³-hybridized carbons (Fsp3) is 0.483. The summed E-state index contributed by atoms with van der Waals surface area (Å²) in [6.07, 6.45) is 7.91. The van der Waals surface area contributed by atoms with Gasteiger partial charge in [-0.05, 0) is 107 Å². The highest BCUT2D eigenvalue weighted by Gasteiger charge is 2.41. The first-order valence-corrected chi connectivity index (χ1v) is 25.6. The number of fused-ring (bicyclic) bond motifs is 7. The molecule has 0 saturated carbocycles. The molecule has 0 radical (unpaired) electrons. The van der Waals surface area contributed by atoms with Crippen LogP contribution in [0.5, 0.6) is 11.5 Å². The summed E-state index contributed by atoms with van der Waals surface area (Å²) >= 11 is 0. The zero-order valence-electron chi connectivity index (χ0n) is 43.1. The molecular formula is C58H73N5O9. The van der Waals surface area contributed by atoms with Crippen LogP contribution in [0.1, 0.15) is 119 Å². The van der Waals surface area contributed by atoms with Crippen LogP contribution < -0.4 is 25.7 Å². The van der Waals surface area contributed by atoms with Crippen LogP contribution in [-0.4, -0.2) is 104 Å². The lowest BCUT2D eigenvalue weighted by Crippen LogP contribution is -2.61. The van der Waals surface area contributed by atoms with E-state index in [0.29, 0.717) is 55.1 Å². The number of aliphatic hydroxyl groups is 3. The highest BCUT2D eigenvalue weighted by Crippen LogP contribution is 2.52. The fourth-order valence-electron chi connectivity index (χ4n) is 10.5. The Labute approximate surface area is 423 Å². The third-order valence-corrected chi connectivity index (χ3v) is 14.3. The van der Waals surface area contributed by atoms with Crippen LogP contribution in [-0.2, 0) is 35.4 Å². The van der Waals surface area contributed by atoms with Gasteiger partial charge in [0.1, 0.15) is 29.2 Å². The molecule has 2 aromatic heterocycles. The Hall–Kier alpha value is -5.90. The lowest BCUT2D eigenvalue weighted by Gasteiger charge is -2.42. The minimum Gasteiger partial charge on any atom is -0.489 e. The lowest BCUT2D eigenvalue weighted by atomic mass is 9.85. The van der Waals surface area contributed by atoms with E-state index in [1.165, 1.54) is 6.07 Å². The van der Waals surface area contributed by atoms with Crippen LogP contribution in [0.15, 0.2) is 100 Å². The van der Waals surface area contributed by atoms with E-state index < -0.39 is 53.1 Å². The summed E-state index contributed by atoms with van der Waals surface area (Å²) in [5.74, 6) is 0.316. The smallest absolute Gasteiger partial charge is 0.336 e. The van der Waals surface area contributed by atoms with Crippen molar-refractivity contribution in [2.24, 2.45) is 11.8 Å². The molecule has 72 heavy (non-hydrogen) atoms. The summed E-state index contributed by atoms with van der Waals surface area (Å²) in [6.45, 7) is 18.7. The largest absolute Gasteiger partial charge is 0.489 e. The number of piperazine rings is 1. The highest BCUT2D eigenvalue weighted by molar-refractivity contribution is 5.97. The van der Waals surface area contributed by atoms with Crippen molar-refractivity contribution in [1.29, 1.82) is 0 Å². The van der Waals surface area contributed by atoms with Gasteiger partial charge in [-0.3, -0.25) is 24.4 Å². The van der Waals surface area contributed by atoms with Gasteiger partial charge in [-0.2, -0.15) is 0 Å². The maximum atomic E-state index is 13.8. The van der Waals surface area contributed by atoms with Crippen molar-refractivity contribution < 1.29 is 38.8 Å². The Morgan fingerprint density at radius 2 is 1.71 bits per heavy atom. The molecule has 4 aliphatic rings. The van der Waals surface area contributed by atoms with Crippen molar-refractivity contribution in [1.82, 2.24) is 25.4 Å². The summed E-state index contributed by atoms with van der Waals surface area (Å²) in [6, 6.07) is 22.2. The number of aliphatic hydroxyl groups excluding tert-OH is 3. The summed E-state index contributed by atoms with van der Waals surface area (Å²) in [5, 5.41) is 40.3. The molecule has 3 aromatic carbocycles. The van der Waals surface area contributed by atoms with Gasteiger partial charge in [0.2, 0.25) is 11.8 Å². The monoisotopic (exact) mass is 984 g/mol. The highest BCUT2D eigenvalue weighted by atomic mass is 16.5. The van der Waals surface area contributed by atoms with Crippen LogP contribution in [0, 0.1) is 11.8 Å². The average Bonchev–Trinajstić information content (AvgIpc) is 3.64. The second-order valence-electron chi connectivity index (χ2n) is 21.8. The van der Waals surface area contributed by atoms with Gasteiger partial charge in [-0.15, -0.1) is 0 Å². The van der Waals surface area contributed by atoms with Crippen LogP contribution in [0.2, 0.25) is 0 Å². The van der Waals surface area contributed by atoms with Crippen molar-refractivity contribution in [2.75, 3.05) is 26.2 Å². The quantitative estimate of drug-likeness (QED) is 0.0746. The van der Waals surface area contributed by atoms with E-state index in [1.54, 1.807) is 6.20 Å². The van der Waals surface area contributed by atoms with Crippen molar-refractivity contribution in [3.05, 3.63) is 141 Å². The van der Waals surface area contributed by atoms with E-state index in [9.17, 15) is 29.7 Å². The van der Waals surface area contributed by atoms with Crippen LogP contribution in [0.4, 0.5) is 0 Å². The second-order valence-corrected chi connectivity index (χ2v) is 21.8. The third-order valence-electron chi connectivity index (χ3n) is 14.3. The number of rotatable bonds is 13. The summed E-state index contributed by atoms with van der Waals surface area (Å²) < 4.78 is 18.1. The molecule has 14 nitrogen and oxygen atoms in total. The van der Waals surface area contributed by atoms with Gasteiger partial charge in [0.25, 0.3) is 0 Å². The number of carbonyl (C=O) groups excluding carboxylic acids is 2. The van der Waals surface area contributed by atoms with Crippen LogP contribution in [0.25, 0.3) is 17.0 Å². The predicted octanol–water partition coefficient (Wildman–Crippen LogP) is 7.25. The number of amides is 2. The number of aromatic nitrogens is 1. The van der Waals surface area contributed by atoms with Gasteiger partial charge in [0.15, 0.2) is 5.58 Å². The van der Waals surface area contributed by atoms with Gasteiger partial charge in [0, 0.05) is 75.0 Å². The Morgan fingerprint density at radius 1 is 0.972 bits per heavy atom. The van der Waals surface area contributed by atoms with Crippen LogP contribution in [0.3, 0.4) is 0 Å². The van der Waals surface area contributed by atoms with Crippen LogP contribution >= 0.6 is 0 Å². The molecule has 9 rings (SSSR count). The van der Waals surface area contributed by atoms with Crippen molar-refractivity contribution >= 4 is 28.9 Å². The molecule has 1 saturated heterocycles. The number of pyridine rings is 1. The predicted molar refractivity (Wildman–Crippen MR) is 279 cm³/mol. The number of carbonyl (C=O) groups is 2. The molecule has 0 bridgehead atoms. The Morgan fingerprint density at radius 3 is 2.43 bits per heavy atom. The molecule has 14 heteroatoms. The normalized spacial score (nSPS) is 23.3. The zero-order chi connectivity index (χ0) is 51.5. The minimum absolute atomic E-state index is 0.0712. The maximum Gasteiger partial charge on any atom is 0.336 e. The number of hydrogen-bond acceptors (Lipinski definition) is 12. The second kappa shape index (κ2) is 22.1. The number of hydrogen-bond donors (Lipinski definition) is 5. The molecule has 384 valence electrons. The van der Waals surface area contributed by atoms with Gasteiger partial charge >= 0.3 is 5.63 Å². The maximum absolute atomic E-state index is 13.8. The van der Waals surface area contributed by atoms with Crippen molar-refractivity contribution in [2.45, 2.75) is 142 Å². The topological polar surface area (TPSA) is 187 Å². The molecule has 1 aliphatic carbocycles. The van der Waals surface area contributed by atoms with Gasteiger partial charge in [-0.1, -0.05) is 80.9 Å². The number of benzene rings is 3. The van der Waals surface area contributed by atoms with E-state index in [1.807, 2.05) is 134 Å². The molecule has 2 amide bonds. The minimum atomic E-state index is -0.833. The lowest BCUT2D eigenvalue weighted by molar-refractivity contribution is -0.132. The Balaban J connectivity index is 0.000000218. The molecule has 8 atom stereocenters. The van der Waals surface area contributed by atoms with Gasteiger partial charge < -0.3 is 39.8 Å². The zero-order valence-corrected chi connectivity index (χ0v) is 43.1. The van der Waals surface area contributed by atoms with E-state index in [0.717, 1.165) is 58.2 Å². The SMILES string of the molecule is CC(C)(C)NC(=O)[C@@H]1CN(Cc2cccnc2)CCN1C[C@@H](O)C[C@@H](Cc1ccccc1)C(=O)N[C@H]1c2ccccc2C[C@H]1O.CCCc1cc(=O)oc2c3c(c4c(c12)OC(C)(C)C=C4)O[C@@H](C)[C@H](C)[C@@H]3O. The third kappa shape index (κ3) is 12.1. The standard InChI is InChI=1S/C36H47N5O4.C22H26O5/c1-36(2,3)39-35(45)31-24-40(22-26-12-9-15-37-21-26)16-17-41(31)23-29(42)19-28(18-25-10-5-4-6-11-25)34(44)38-33-30-14-8-7-13-27(30)20-32(33)43;1-6-7-13-10-15(23)26-21-16(13)20-14(8-9-22(4,5)27-20)19-17(21)18(24)11(2)12(3)25-19/h4-15,21,28-29,31-33,42-43H,16-20,22-24H2,1-3H3,(H,38,44)(H,39,45);8-12,18,24H,6-7H2,1-5H3/t28-,29+,31+,32-,33+;11-,12-,18-/m10/s1. The molecule has 3 aliphatic heterocycles. The number of nitrogens with one attached hydrogen (secondary N) is 2. The number of β-amino-alcohol motifs (C(OH)–C–C–N with tert-alkyl or cyclic N) is 1. The van der Waals surface area contributed by atoms with Crippen molar-refractivity contribution in [3.8, 4) is 11.5 Å². The molecular weight excluding hydrogens is 911 g/mol. The van der Waals surface area contributed by atoms with E-state index in [-0.39, 0.29) is 36.8 Å². The Bertz CT molecular complexity index is 2790. The number of ether oxygens (including phenoxy) is 2. The van der Waals surface area contributed by atoms with E-state index in [4.69, 9.17) is 13.9 Å². The molecule has 1 fully saturated rings. The summed E-state index contributed by atoms with van der Waals surface area (Å²) in [4.78, 5) is 48.2. The van der Waals surface area contributed by atoms with E-state index in [2.05, 4.69) is 32.3 Å². The molecule has 5 heterocycles. The first kappa shape index (κ1) is 52.4. The van der Waals surface area contributed by atoms with Crippen molar-refractivity contribution in [3.63, 3.8) is 0 Å². The summed E-state index contributed by atoms with van der Waals surface area (Å²) in [5.41, 5.74) is 5.40. The molecule has 5 aromatic rings. The first-order valence-electron chi connectivity index (χ1n) is 25.6. The molecule has 5 N–H and O–H groups in total.